The number of imidazole rings is 1. The molecule has 2 aromatic rings. The van der Waals surface area contributed by atoms with Crippen LogP contribution in [0.5, 0.6) is 0 Å². The smallest absolute Gasteiger partial charge is 0.289 e. The van der Waals surface area contributed by atoms with Gasteiger partial charge >= 0.3 is 0 Å². The maximum absolute atomic E-state index is 12.5. The molecule has 2 aliphatic rings. The van der Waals surface area contributed by atoms with Gasteiger partial charge in [0.2, 0.25) is 0 Å². The minimum atomic E-state index is -0.0752. The van der Waals surface area contributed by atoms with Crippen LogP contribution in [0.25, 0.3) is 0 Å². The molecule has 1 saturated heterocycles. The van der Waals surface area contributed by atoms with Crippen molar-refractivity contribution in [2.45, 2.75) is 32.1 Å². The summed E-state index contributed by atoms with van der Waals surface area (Å²) in [5.41, 5.74) is 1.84. The monoisotopic (exact) mass is 288 g/mol. The summed E-state index contributed by atoms with van der Waals surface area (Å²) >= 11 is 0. The molecule has 1 amide bonds. The van der Waals surface area contributed by atoms with Crippen LogP contribution in [-0.4, -0.2) is 55.0 Å². The third-order valence-corrected chi connectivity index (χ3v) is 4.12. The van der Waals surface area contributed by atoms with Gasteiger partial charge in [0.1, 0.15) is 0 Å². The van der Waals surface area contributed by atoms with Crippen molar-refractivity contribution >= 4 is 5.91 Å². The second-order valence-electron chi connectivity index (χ2n) is 5.54. The zero-order valence-corrected chi connectivity index (χ0v) is 11.7. The molecule has 4 heterocycles. The number of fused-ring (bicyclic) bond motifs is 3. The summed E-state index contributed by atoms with van der Waals surface area (Å²) in [4.78, 5) is 21.4. The topological polar surface area (TPSA) is 88.9 Å². The molecule has 1 N–H and O–H groups in total. The van der Waals surface area contributed by atoms with Crippen LogP contribution in [0.1, 0.15) is 34.5 Å². The predicted molar refractivity (Wildman–Crippen MR) is 71.5 cm³/mol. The van der Waals surface area contributed by atoms with Gasteiger partial charge < -0.3 is 14.6 Å². The van der Waals surface area contributed by atoms with Crippen LogP contribution in [-0.2, 0) is 11.3 Å². The Morgan fingerprint density at radius 1 is 1.48 bits per heavy atom. The molecular weight excluding hydrogens is 272 g/mol. The van der Waals surface area contributed by atoms with E-state index in [0.717, 1.165) is 17.8 Å². The van der Waals surface area contributed by atoms with Crippen LogP contribution in [0.4, 0.5) is 0 Å². The van der Waals surface area contributed by atoms with Gasteiger partial charge in [-0.25, -0.2) is 9.67 Å². The number of likely N-dealkylation sites (tertiary alicyclic amines) is 1. The molecule has 0 unspecified atom stereocenters. The Morgan fingerprint density at radius 2 is 2.38 bits per heavy atom. The lowest BCUT2D eigenvalue weighted by Gasteiger charge is -2.40. The zero-order chi connectivity index (χ0) is 14.4. The average molecular weight is 288 g/mol. The van der Waals surface area contributed by atoms with Gasteiger partial charge in [-0.05, 0) is 13.3 Å². The van der Waals surface area contributed by atoms with E-state index in [9.17, 15) is 4.79 Å². The highest BCUT2D eigenvalue weighted by Crippen LogP contribution is 2.30. The Labute approximate surface area is 121 Å². The van der Waals surface area contributed by atoms with Crippen molar-refractivity contribution in [1.82, 2.24) is 29.9 Å². The van der Waals surface area contributed by atoms with Crippen LogP contribution in [0, 0.1) is 6.92 Å². The second kappa shape index (κ2) is 4.66. The SMILES string of the molecule is Cc1cnc(C(=O)N2CC[C@@H]3OCc4cnnn4[C@H]3C2)[nH]1. The van der Waals surface area contributed by atoms with Crippen LogP contribution in [0.2, 0.25) is 0 Å². The molecule has 110 valence electrons. The highest BCUT2D eigenvalue weighted by Gasteiger charge is 2.38. The number of carbonyl (C=O) groups excluding carboxylic acids is 1. The van der Waals surface area contributed by atoms with Crippen molar-refractivity contribution in [3.8, 4) is 0 Å². The molecular formula is C13H16N6O2. The van der Waals surface area contributed by atoms with Crippen molar-refractivity contribution in [2.75, 3.05) is 13.1 Å². The van der Waals surface area contributed by atoms with E-state index >= 15 is 0 Å². The third kappa shape index (κ3) is 2.02. The predicted octanol–water partition coefficient (Wildman–Crippen LogP) is 0.296. The normalized spacial score (nSPS) is 24.5. The molecule has 2 atom stereocenters. The molecule has 2 aromatic heterocycles. The number of rotatable bonds is 1. The largest absolute Gasteiger partial charge is 0.370 e. The van der Waals surface area contributed by atoms with Crippen molar-refractivity contribution in [3.63, 3.8) is 0 Å². The summed E-state index contributed by atoms with van der Waals surface area (Å²) in [7, 11) is 0. The first-order valence-corrected chi connectivity index (χ1v) is 7.04. The van der Waals surface area contributed by atoms with Crippen LogP contribution >= 0.6 is 0 Å². The van der Waals surface area contributed by atoms with Gasteiger partial charge in [0.15, 0.2) is 5.82 Å². The minimum Gasteiger partial charge on any atom is -0.370 e. The molecule has 2 aliphatic heterocycles. The van der Waals surface area contributed by atoms with Crippen molar-refractivity contribution < 1.29 is 9.53 Å². The molecule has 4 rings (SSSR count). The van der Waals surface area contributed by atoms with E-state index in [1.54, 1.807) is 17.3 Å². The number of hydrogen-bond donors (Lipinski definition) is 1. The van der Waals surface area contributed by atoms with Gasteiger partial charge in [0.05, 0.1) is 30.6 Å². The van der Waals surface area contributed by atoms with E-state index < -0.39 is 0 Å². The lowest BCUT2D eigenvalue weighted by molar-refractivity contribution is -0.0606. The number of piperidine rings is 1. The Morgan fingerprint density at radius 3 is 3.19 bits per heavy atom. The maximum atomic E-state index is 12.5. The summed E-state index contributed by atoms with van der Waals surface area (Å²) in [6.45, 7) is 3.66. The van der Waals surface area contributed by atoms with Crippen molar-refractivity contribution in [3.05, 3.63) is 29.6 Å². The first-order chi connectivity index (χ1) is 10.2. The second-order valence-corrected chi connectivity index (χ2v) is 5.54. The minimum absolute atomic E-state index is 0.0324. The number of nitrogens with one attached hydrogen (secondary N) is 1. The van der Waals surface area contributed by atoms with E-state index in [0.29, 0.717) is 25.5 Å². The van der Waals surface area contributed by atoms with E-state index in [1.807, 2.05) is 11.6 Å². The Hall–Kier alpha value is -2.22. The number of carbonyl (C=O) groups is 1. The summed E-state index contributed by atoms with van der Waals surface area (Å²) in [5.74, 6) is 0.315. The molecule has 1 fully saturated rings. The fraction of sp³-hybridized carbons (Fsp3) is 0.538. The van der Waals surface area contributed by atoms with E-state index in [1.165, 1.54) is 0 Å². The number of amides is 1. The molecule has 0 bridgehead atoms. The molecule has 0 aromatic carbocycles. The number of H-pyrrole nitrogens is 1. The van der Waals surface area contributed by atoms with Crippen molar-refractivity contribution in [2.24, 2.45) is 0 Å². The molecule has 21 heavy (non-hydrogen) atoms. The van der Waals surface area contributed by atoms with Gasteiger partial charge in [-0.1, -0.05) is 5.21 Å². The summed E-state index contributed by atoms with van der Waals surface area (Å²) in [6, 6.07) is 0.0324. The number of aromatic nitrogens is 5. The molecule has 0 spiro atoms. The molecule has 0 saturated carbocycles. The fourth-order valence-electron chi connectivity index (χ4n) is 3.03. The number of nitrogens with zero attached hydrogens (tertiary/aromatic N) is 5. The lowest BCUT2D eigenvalue weighted by Crippen LogP contribution is -2.50. The summed E-state index contributed by atoms with van der Waals surface area (Å²) < 4.78 is 7.73. The first kappa shape index (κ1) is 12.5. The van der Waals surface area contributed by atoms with E-state index in [2.05, 4.69) is 20.3 Å². The van der Waals surface area contributed by atoms with E-state index in [-0.39, 0.29) is 18.1 Å². The quantitative estimate of drug-likeness (QED) is 0.815. The van der Waals surface area contributed by atoms with Gasteiger partial charge in [-0.15, -0.1) is 5.10 Å². The Kier molecular flexibility index (Phi) is 2.78. The standard InChI is InChI=1S/C13H16N6O2/c1-8-4-14-12(16-8)13(20)18-3-2-11-10(6-18)19-9(7-21-11)5-15-17-19/h4-5,10-11H,2-3,6-7H2,1H3,(H,14,16)/t10-,11-/m0/s1. The molecule has 8 heteroatoms. The number of ether oxygens (including phenoxy) is 1. The third-order valence-electron chi connectivity index (χ3n) is 4.12. The number of aryl methyl sites for hydroxylation is 1. The fourth-order valence-corrected chi connectivity index (χ4v) is 3.03. The average Bonchev–Trinajstić information content (AvgIpc) is 3.14. The highest BCUT2D eigenvalue weighted by molar-refractivity contribution is 5.90. The summed E-state index contributed by atoms with van der Waals surface area (Å²) in [5, 5.41) is 8.07. The van der Waals surface area contributed by atoms with Gasteiger partial charge in [0.25, 0.3) is 5.91 Å². The summed E-state index contributed by atoms with van der Waals surface area (Å²) in [6.07, 6.45) is 4.28. The van der Waals surface area contributed by atoms with Crippen LogP contribution in [0.3, 0.4) is 0 Å². The van der Waals surface area contributed by atoms with Gasteiger partial charge in [0, 0.05) is 25.0 Å². The maximum Gasteiger partial charge on any atom is 0.289 e. The zero-order valence-electron chi connectivity index (χ0n) is 11.7. The van der Waals surface area contributed by atoms with Gasteiger partial charge in [-0.3, -0.25) is 4.79 Å². The van der Waals surface area contributed by atoms with Crippen molar-refractivity contribution in [1.29, 1.82) is 0 Å². The molecule has 0 aliphatic carbocycles. The number of hydrogen-bond acceptors (Lipinski definition) is 5. The molecule has 0 radical (unpaired) electrons. The van der Waals surface area contributed by atoms with Crippen LogP contribution < -0.4 is 0 Å². The Balaban J connectivity index is 1.57. The first-order valence-electron chi connectivity index (χ1n) is 7.04. The Bertz CT molecular complexity index is 678. The van der Waals surface area contributed by atoms with Crippen LogP contribution in [0.15, 0.2) is 12.4 Å². The molecule has 8 nitrogen and oxygen atoms in total. The van der Waals surface area contributed by atoms with Gasteiger partial charge in [-0.2, -0.15) is 0 Å². The lowest BCUT2D eigenvalue weighted by atomic mass is 10.0. The highest BCUT2D eigenvalue weighted by atomic mass is 16.5. The number of aromatic amines is 1. The van der Waals surface area contributed by atoms with E-state index in [4.69, 9.17) is 4.74 Å².